The number of rotatable bonds is 5. The molecule has 0 atom stereocenters. The van der Waals surface area contributed by atoms with Crippen molar-refractivity contribution < 1.29 is 14.4 Å². The van der Waals surface area contributed by atoms with Gasteiger partial charge in [-0.05, 0) is 41.4 Å². The zero-order chi connectivity index (χ0) is 14.5. The molecule has 1 aliphatic heterocycles. The molecule has 0 aromatic heterocycles. The van der Waals surface area contributed by atoms with Crippen molar-refractivity contribution in [3.8, 4) is 0 Å². The highest BCUT2D eigenvalue weighted by atomic mass is 35.5. The van der Waals surface area contributed by atoms with Crippen molar-refractivity contribution in [1.29, 1.82) is 0 Å². The summed E-state index contributed by atoms with van der Waals surface area (Å²) in [6.45, 7) is 0.218. The molecule has 104 valence electrons. The molecule has 1 fully saturated rings. The van der Waals surface area contributed by atoms with Gasteiger partial charge in [0, 0.05) is 13.0 Å². The smallest absolute Gasteiger partial charge is 0.281 e. The molecule has 0 spiro atoms. The minimum atomic E-state index is -0.461. The lowest BCUT2D eigenvalue weighted by Gasteiger charge is -2.10. The van der Waals surface area contributed by atoms with Crippen LogP contribution in [-0.4, -0.2) is 27.8 Å². The summed E-state index contributed by atoms with van der Waals surface area (Å²) in [5.74, 6) is -0.314. The quantitative estimate of drug-likeness (QED) is 0.619. The molecule has 0 bridgehead atoms. The van der Waals surface area contributed by atoms with Crippen LogP contribution in [0.4, 0.5) is 4.79 Å². The fraction of sp³-hybridized carbons (Fsp3) is 0.214. The molecule has 1 aromatic carbocycles. The highest BCUT2D eigenvalue weighted by Gasteiger charge is 2.34. The Balaban J connectivity index is 2.05. The molecule has 1 aliphatic rings. The molecule has 4 nitrogen and oxygen atoms in total. The van der Waals surface area contributed by atoms with E-state index in [9.17, 15) is 14.4 Å². The Labute approximate surface area is 125 Å². The average Bonchev–Trinajstić information content (AvgIpc) is 2.67. The number of carbonyl (C=O) groups excluding carboxylic acids is 3. The lowest BCUT2D eigenvalue weighted by atomic mass is 10.2. The molecule has 2 rings (SSSR count). The number of hydrogen-bond donors (Lipinski definition) is 0. The second-order valence-corrected chi connectivity index (χ2v) is 5.62. The van der Waals surface area contributed by atoms with Crippen LogP contribution in [0.2, 0.25) is 0 Å². The molecule has 0 aliphatic carbocycles. The van der Waals surface area contributed by atoms with Gasteiger partial charge in [0.15, 0.2) is 0 Å². The predicted octanol–water partition coefficient (Wildman–Crippen LogP) is 3.27. The first-order valence-corrected chi connectivity index (χ1v) is 7.26. The van der Waals surface area contributed by atoms with Gasteiger partial charge in [0.1, 0.15) is 0 Å². The first kappa shape index (κ1) is 14.8. The molecular weight excluding hydrogens is 298 g/mol. The van der Waals surface area contributed by atoms with Gasteiger partial charge in [-0.15, -0.1) is 0 Å². The fourth-order valence-corrected chi connectivity index (χ4v) is 2.77. The van der Waals surface area contributed by atoms with Crippen LogP contribution in [-0.2, 0) is 9.59 Å². The molecule has 1 saturated heterocycles. The third-order valence-corrected chi connectivity index (χ3v) is 3.82. The van der Waals surface area contributed by atoms with E-state index in [2.05, 4.69) is 0 Å². The summed E-state index contributed by atoms with van der Waals surface area (Å²) in [7, 11) is 0. The maximum Gasteiger partial charge on any atom is 0.293 e. The molecule has 6 heteroatoms. The first-order valence-electron chi connectivity index (χ1n) is 6.06. The summed E-state index contributed by atoms with van der Waals surface area (Å²) < 4.78 is 0. The summed E-state index contributed by atoms with van der Waals surface area (Å²) in [6, 6.07) is 9.33. The van der Waals surface area contributed by atoms with E-state index >= 15 is 0 Å². The highest BCUT2D eigenvalue weighted by Crippen LogP contribution is 2.32. The average molecular weight is 310 g/mol. The topological polar surface area (TPSA) is 54.5 Å². The van der Waals surface area contributed by atoms with Crippen LogP contribution >= 0.6 is 23.4 Å². The lowest BCUT2D eigenvalue weighted by Crippen LogP contribution is -2.29. The van der Waals surface area contributed by atoms with Crippen molar-refractivity contribution in [1.82, 2.24) is 4.90 Å². The van der Waals surface area contributed by atoms with Crippen LogP contribution in [0.1, 0.15) is 18.4 Å². The van der Waals surface area contributed by atoms with Gasteiger partial charge in [0.2, 0.25) is 5.24 Å². The number of carbonyl (C=O) groups is 3. The van der Waals surface area contributed by atoms with Gasteiger partial charge in [-0.25, -0.2) is 0 Å². The Hall–Kier alpha value is -1.59. The highest BCUT2D eigenvalue weighted by molar-refractivity contribution is 8.18. The zero-order valence-electron chi connectivity index (χ0n) is 10.5. The van der Waals surface area contributed by atoms with Gasteiger partial charge >= 0.3 is 0 Å². The third-order valence-electron chi connectivity index (χ3n) is 2.73. The van der Waals surface area contributed by atoms with Crippen LogP contribution in [0.25, 0.3) is 6.08 Å². The maximum atomic E-state index is 12.1. The Morgan fingerprint density at radius 3 is 2.60 bits per heavy atom. The standard InChI is InChI=1S/C14H12ClNO3S/c15-12(17)7-4-8-16-13(18)11(20-14(16)19)9-10-5-2-1-3-6-10/h1-3,5-6,9H,4,7-8H2/b11-9-. The molecule has 1 heterocycles. The Morgan fingerprint density at radius 1 is 1.25 bits per heavy atom. The maximum absolute atomic E-state index is 12.1. The molecule has 0 radical (unpaired) electrons. The number of imide groups is 1. The van der Waals surface area contributed by atoms with Gasteiger partial charge in [-0.3, -0.25) is 19.3 Å². The first-order chi connectivity index (χ1) is 9.58. The van der Waals surface area contributed by atoms with Crippen molar-refractivity contribution in [3.63, 3.8) is 0 Å². The van der Waals surface area contributed by atoms with Crippen molar-refractivity contribution in [3.05, 3.63) is 40.8 Å². The molecular formula is C14H12ClNO3S. The normalized spacial score (nSPS) is 17.1. The Morgan fingerprint density at radius 2 is 1.95 bits per heavy atom. The van der Waals surface area contributed by atoms with E-state index in [4.69, 9.17) is 11.6 Å². The second kappa shape index (κ2) is 6.72. The summed E-state index contributed by atoms with van der Waals surface area (Å²) in [6.07, 6.45) is 2.23. The third kappa shape index (κ3) is 3.71. The van der Waals surface area contributed by atoms with Crippen molar-refractivity contribution >= 4 is 45.8 Å². The largest absolute Gasteiger partial charge is 0.293 e. The van der Waals surface area contributed by atoms with E-state index in [0.29, 0.717) is 11.3 Å². The van der Waals surface area contributed by atoms with Gasteiger partial charge in [-0.1, -0.05) is 30.3 Å². The van der Waals surface area contributed by atoms with Gasteiger partial charge in [-0.2, -0.15) is 0 Å². The van der Waals surface area contributed by atoms with E-state index in [1.165, 1.54) is 0 Å². The van der Waals surface area contributed by atoms with E-state index < -0.39 is 5.24 Å². The fourth-order valence-electron chi connectivity index (χ4n) is 1.77. The van der Waals surface area contributed by atoms with Crippen LogP contribution in [0.3, 0.4) is 0 Å². The summed E-state index contributed by atoms with van der Waals surface area (Å²) in [5, 5.41) is -0.768. The van der Waals surface area contributed by atoms with Crippen molar-refractivity contribution in [2.75, 3.05) is 6.54 Å². The summed E-state index contributed by atoms with van der Waals surface area (Å²) in [4.78, 5) is 36.1. The van der Waals surface area contributed by atoms with Crippen molar-refractivity contribution in [2.45, 2.75) is 12.8 Å². The predicted molar refractivity (Wildman–Crippen MR) is 79.2 cm³/mol. The Kier molecular flexibility index (Phi) is 4.98. The number of nitrogens with zero attached hydrogens (tertiary/aromatic N) is 1. The van der Waals surface area contributed by atoms with Crippen LogP contribution in [0.15, 0.2) is 35.2 Å². The van der Waals surface area contributed by atoms with E-state index in [1.54, 1.807) is 6.08 Å². The molecule has 20 heavy (non-hydrogen) atoms. The van der Waals surface area contributed by atoms with E-state index in [0.717, 1.165) is 22.2 Å². The molecule has 0 unspecified atom stereocenters. The minimum Gasteiger partial charge on any atom is -0.281 e. The summed E-state index contributed by atoms with van der Waals surface area (Å²) >= 11 is 6.14. The van der Waals surface area contributed by atoms with Gasteiger partial charge in [0.05, 0.1) is 4.91 Å². The number of halogens is 1. The molecule has 2 amide bonds. The molecule has 0 N–H and O–H groups in total. The van der Waals surface area contributed by atoms with Crippen molar-refractivity contribution in [2.24, 2.45) is 0 Å². The van der Waals surface area contributed by atoms with E-state index in [1.807, 2.05) is 30.3 Å². The lowest BCUT2D eigenvalue weighted by molar-refractivity contribution is -0.123. The van der Waals surface area contributed by atoms with Crippen LogP contribution in [0, 0.1) is 0 Å². The van der Waals surface area contributed by atoms with E-state index in [-0.39, 0.29) is 24.1 Å². The van der Waals surface area contributed by atoms with Crippen LogP contribution < -0.4 is 0 Å². The zero-order valence-corrected chi connectivity index (χ0v) is 12.1. The minimum absolute atomic E-state index is 0.154. The number of thioether (sulfide) groups is 1. The molecule has 1 aromatic rings. The number of hydrogen-bond acceptors (Lipinski definition) is 4. The molecule has 0 saturated carbocycles. The van der Waals surface area contributed by atoms with Crippen LogP contribution in [0.5, 0.6) is 0 Å². The van der Waals surface area contributed by atoms with Gasteiger partial charge < -0.3 is 0 Å². The second-order valence-electron chi connectivity index (χ2n) is 4.20. The SMILES string of the molecule is O=C(Cl)CCCN1C(=O)S/C(=C\c2ccccc2)C1=O. The monoisotopic (exact) mass is 309 g/mol. The summed E-state index contributed by atoms with van der Waals surface area (Å²) in [5.41, 5.74) is 0.869. The Bertz CT molecular complexity index is 571. The van der Waals surface area contributed by atoms with Gasteiger partial charge in [0.25, 0.3) is 11.1 Å². The number of benzene rings is 1. The number of amides is 2.